The van der Waals surface area contributed by atoms with Gasteiger partial charge in [0.15, 0.2) is 0 Å². The summed E-state index contributed by atoms with van der Waals surface area (Å²) < 4.78 is 1.87. The molecule has 0 bridgehead atoms. The van der Waals surface area contributed by atoms with Gasteiger partial charge in [-0.2, -0.15) is 5.10 Å². The number of halogens is 1. The van der Waals surface area contributed by atoms with E-state index in [0.29, 0.717) is 0 Å². The van der Waals surface area contributed by atoms with E-state index in [1.807, 2.05) is 11.7 Å². The predicted molar refractivity (Wildman–Crippen MR) is 88.9 cm³/mol. The number of nitrogens with two attached hydrogens (primary N) is 1. The molecule has 0 aliphatic heterocycles. The summed E-state index contributed by atoms with van der Waals surface area (Å²) in [7, 11) is 1.94. The molecule has 0 spiro atoms. The van der Waals surface area contributed by atoms with Crippen LogP contribution >= 0.6 is 11.6 Å². The van der Waals surface area contributed by atoms with Crippen molar-refractivity contribution in [3.63, 3.8) is 0 Å². The van der Waals surface area contributed by atoms with Crippen LogP contribution in [0, 0.1) is 13.8 Å². The topological polar surface area (TPSA) is 43.8 Å². The minimum absolute atomic E-state index is 0.0445. The molecule has 0 saturated carbocycles. The van der Waals surface area contributed by atoms with Gasteiger partial charge in [-0.15, -0.1) is 0 Å². The Kier molecular flexibility index (Phi) is 5.07. The number of hydrogen-bond donors (Lipinski definition) is 1. The van der Waals surface area contributed by atoms with Crippen LogP contribution in [-0.2, 0) is 26.3 Å². The fourth-order valence-corrected chi connectivity index (χ4v) is 3.04. The van der Waals surface area contributed by atoms with Gasteiger partial charge in [0.05, 0.1) is 16.4 Å². The van der Waals surface area contributed by atoms with E-state index in [9.17, 15) is 0 Å². The van der Waals surface area contributed by atoms with Crippen LogP contribution in [0.5, 0.6) is 0 Å². The summed E-state index contributed by atoms with van der Waals surface area (Å²) in [6.45, 7) is 6.31. The summed E-state index contributed by atoms with van der Waals surface area (Å²) >= 11 is 6.39. The highest BCUT2D eigenvalue weighted by Gasteiger charge is 2.16. The van der Waals surface area contributed by atoms with E-state index in [0.717, 1.165) is 35.7 Å². The Labute approximate surface area is 132 Å². The molecule has 0 saturated heterocycles. The molecule has 2 N–H and O–H groups in total. The Morgan fingerprint density at radius 2 is 2.00 bits per heavy atom. The molecule has 1 atom stereocenters. The largest absolute Gasteiger partial charge is 0.327 e. The average molecular weight is 306 g/mol. The van der Waals surface area contributed by atoms with E-state index in [2.05, 4.69) is 44.1 Å². The van der Waals surface area contributed by atoms with Crippen LogP contribution in [0.2, 0.25) is 5.02 Å². The zero-order valence-corrected chi connectivity index (χ0v) is 14.0. The zero-order chi connectivity index (χ0) is 15.6. The minimum atomic E-state index is 0.0445. The van der Waals surface area contributed by atoms with Crippen molar-refractivity contribution in [3.8, 4) is 0 Å². The van der Waals surface area contributed by atoms with Gasteiger partial charge in [-0.1, -0.05) is 42.3 Å². The molecule has 0 amide bonds. The average Bonchev–Trinajstić information content (AvgIpc) is 2.70. The maximum atomic E-state index is 6.39. The van der Waals surface area contributed by atoms with Crippen LogP contribution in [0.25, 0.3) is 0 Å². The van der Waals surface area contributed by atoms with E-state index in [-0.39, 0.29) is 6.04 Å². The van der Waals surface area contributed by atoms with Crippen LogP contribution in [0.3, 0.4) is 0 Å². The molecule has 3 nitrogen and oxygen atoms in total. The van der Waals surface area contributed by atoms with Crippen molar-refractivity contribution < 1.29 is 0 Å². The van der Waals surface area contributed by atoms with Crippen LogP contribution < -0.4 is 5.73 Å². The number of nitrogens with zero attached hydrogens (tertiary/aromatic N) is 2. The molecule has 2 aromatic rings. The highest BCUT2D eigenvalue weighted by molar-refractivity contribution is 6.31. The van der Waals surface area contributed by atoms with E-state index in [1.165, 1.54) is 16.7 Å². The number of benzene rings is 1. The molecular weight excluding hydrogens is 282 g/mol. The van der Waals surface area contributed by atoms with Gasteiger partial charge in [0, 0.05) is 19.5 Å². The molecule has 1 aromatic carbocycles. The molecular formula is C17H24ClN3. The van der Waals surface area contributed by atoms with Crippen molar-refractivity contribution in [2.45, 2.75) is 46.1 Å². The third-order valence-electron chi connectivity index (χ3n) is 3.95. The molecule has 1 unspecified atom stereocenters. The van der Waals surface area contributed by atoms with E-state index < -0.39 is 0 Å². The number of rotatable bonds is 5. The maximum absolute atomic E-state index is 6.39. The molecule has 2 rings (SSSR count). The van der Waals surface area contributed by atoms with Gasteiger partial charge in [-0.3, -0.25) is 4.68 Å². The monoisotopic (exact) mass is 305 g/mol. The Morgan fingerprint density at radius 1 is 1.29 bits per heavy atom. The van der Waals surface area contributed by atoms with Gasteiger partial charge in [0.1, 0.15) is 0 Å². The molecule has 1 heterocycles. The summed E-state index contributed by atoms with van der Waals surface area (Å²) in [5, 5.41) is 5.22. The second-order valence-electron chi connectivity index (χ2n) is 5.78. The molecule has 0 fully saturated rings. The predicted octanol–water partition coefficient (Wildman–Crippen LogP) is 3.37. The molecule has 114 valence electrons. The van der Waals surface area contributed by atoms with Crippen LogP contribution in [0.1, 0.15) is 35.0 Å². The molecule has 21 heavy (non-hydrogen) atoms. The molecule has 0 aliphatic carbocycles. The summed E-state index contributed by atoms with van der Waals surface area (Å²) in [6, 6.07) is 6.56. The normalized spacial score (nSPS) is 12.7. The molecule has 0 aliphatic rings. The molecule has 0 radical (unpaired) electrons. The highest BCUT2D eigenvalue weighted by Crippen LogP contribution is 2.23. The zero-order valence-electron chi connectivity index (χ0n) is 13.3. The third-order valence-corrected chi connectivity index (χ3v) is 4.38. The van der Waals surface area contributed by atoms with E-state index in [1.54, 1.807) is 0 Å². The van der Waals surface area contributed by atoms with Crippen molar-refractivity contribution in [2.75, 3.05) is 0 Å². The van der Waals surface area contributed by atoms with Crippen molar-refractivity contribution in [3.05, 3.63) is 51.3 Å². The Morgan fingerprint density at radius 3 is 2.62 bits per heavy atom. The van der Waals surface area contributed by atoms with Gasteiger partial charge < -0.3 is 5.73 Å². The first-order valence-corrected chi connectivity index (χ1v) is 7.82. The lowest BCUT2D eigenvalue weighted by Gasteiger charge is -2.14. The minimum Gasteiger partial charge on any atom is -0.327 e. The molecule has 1 aromatic heterocycles. The summed E-state index contributed by atoms with van der Waals surface area (Å²) in [5.74, 6) is 0. The van der Waals surface area contributed by atoms with E-state index in [4.69, 9.17) is 17.3 Å². The first-order valence-electron chi connectivity index (χ1n) is 7.44. The number of aryl methyl sites for hydroxylation is 4. The Hall–Kier alpha value is -1.32. The van der Waals surface area contributed by atoms with Crippen LogP contribution in [-0.4, -0.2) is 15.8 Å². The quantitative estimate of drug-likeness (QED) is 0.920. The van der Waals surface area contributed by atoms with Crippen molar-refractivity contribution in [1.29, 1.82) is 0 Å². The molecule has 4 heteroatoms. The van der Waals surface area contributed by atoms with Gasteiger partial charge in [-0.05, 0) is 37.8 Å². The van der Waals surface area contributed by atoms with Gasteiger partial charge in [0.25, 0.3) is 0 Å². The van der Waals surface area contributed by atoms with Crippen molar-refractivity contribution >= 4 is 11.6 Å². The highest BCUT2D eigenvalue weighted by atomic mass is 35.5. The lowest BCUT2D eigenvalue weighted by Crippen LogP contribution is -2.27. The SMILES string of the molecule is CCc1nn(C)c(CC(N)Cc2cc(C)ccc2C)c1Cl. The van der Waals surface area contributed by atoms with Crippen molar-refractivity contribution in [2.24, 2.45) is 12.8 Å². The Balaban J connectivity index is 2.13. The van der Waals surface area contributed by atoms with Gasteiger partial charge in [-0.25, -0.2) is 0 Å². The number of aromatic nitrogens is 2. The smallest absolute Gasteiger partial charge is 0.0850 e. The Bertz CT molecular complexity index is 631. The first-order chi connectivity index (χ1) is 9.92. The third kappa shape index (κ3) is 3.66. The van der Waals surface area contributed by atoms with Crippen LogP contribution in [0.15, 0.2) is 18.2 Å². The maximum Gasteiger partial charge on any atom is 0.0850 e. The number of hydrogen-bond acceptors (Lipinski definition) is 2. The summed E-state index contributed by atoms with van der Waals surface area (Å²) in [4.78, 5) is 0. The van der Waals surface area contributed by atoms with Crippen LogP contribution in [0.4, 0.5) is 0 Å². The first kappa shape index (κ1) is 16.1. The van der Waals surface area contributed by atoms with Gasteiger partial charge in [0.2, 0.25) is 0 Å². The van der Waals surface area contributed by atoms with E-state index >= 15 is 0 Å². The lowest BCUT2D eigenvalue weighted by molar-refractivity contribution is 0.610. The standard InChI is InChI=1S/C17H24ClN3/c1-5-15-17(18)16(21(4)20-15)10-14(19)9-13-8-11(2)6-7-12(13)3/h6-8,14H,5,9-10,19H2,1-4H3. The summed E-state index contributed by atoms with van der Waals surface area (Å²) in [5.41, 5.74) is 12.2. The van der Waals surface area contributed by atoms with Gasteiger partial charge >= 0.3 is 0 Å². The second-order valence-corrected chi connectivity index (χ2v) is 6.16. The second kappa shape index (κ2) is 6.63. The fraction of sp³-hybridized carbons (Fsp3) is 0.471. The lowest BCUT2D eigenvalue weighted by atomic mass is 9.97. The fourth-order valence-electron chi connectivity index (χ4n) is 2.66. The van der Waals surface area contributed by atoms with Crippen molar-refractivity contribution in [1.82, 2.24) is 9.78 Å². The summed E-state index contributed by atoms with van der Waals surface area (Å²) in [6.07, 6.45) is 2.45.